The first-order valence-electron chi connectivity index (χ1n) is 8.22. The largest absolute Gasteiger partial charge is 0.318 e. The summed E-state index contributed by atoms with van der Waals surface area (Å²) < 4.78 is 2.30. The standard InChI is InChI=1S/C20H20ClN3/c1-14(15-6-9-22-10-7-15)12-24-19-8-11-23(2)13-17(19)16-4-3-5-18(21)20(16)24/h3-7,9-10,12H,8,11,13H2,1-2H3/b14-12-. The van der Waals surface area contributed by atoms with E-state index in [1.54, 1.807) is 0 Å². The number of benzene rings is 1. The number of rotatable bonds is 2. The van der Waals surface area contributed by atoms with E-state index in [2.05, 4.69) is 40.7 Å². The van der Waals surface area contributed by atoms with Gasteiger partial charge >= 0.3 is 0 Å². The van der Waals surface area contributed by atoms with Crippen molar-refractivity contribution < 1.29 is 0 Å². The Morgan fingerprint density at radius 2 is 2.00 bits per heavy atom. The van der Waals surface area contributed by atoms with Gasteiger partial charge in [-0.05, 0) is 48.9 Å². The average molecular weight is 338 g/mol. The van der Waals surface area contributed by atoms with Gasteiger partial charge in [0.25, 0.3) is 0 Å². The molecule has 0 radical (unpaired) electrons. The fourth-order valence-electron chi connectivity index (χ4n) is 3.56. The number of halogens is 1. The molecule has 2 aromatic heterocycles. The van der Waals surface area contributed by atoms with E-state index in [0.29, 0.717) is 0 Å². The molecule has 3 nitrogen and oxygen atoms in total. The number of fused-ring (bicyclic) bond motifs is 3. The molecule has 0 saturated carbocycles. The quantitative estimate of drug-likeness (QED) is 0.676. The minimum absolute atomic E-state index is 0.809. The Balaban J connectivity index is 1.95. The fourth-order valence-corrected chi connectivity index (χ4v) is 3.82. The second kappa shape index (κ2) is 6.08. The van der Waals surface area contributed by atoms with Crippen LogP contribution >= 0.6 is 11.6 Å². The van der Waals surface area contributed by atoms with E-state index in [0.717, 1.165) is 30.0 Å². The molecule has 3 aromatic rings. The molecule has 24 heavy (non-hydrogen) atoms. The Morgan fingerprint density at radius 3 is 2.79 bits per heavy atom. The number of allylic oxidation sites excluding steroid dienone is 1. The van der Waals surface area contributed by atoms with Crippen molar-refractivity contribution in [3.8, 4) is 0 Å². The first-order valence-corrected chi connectivity index (χ1v) is 8.60. The van der Waals surface area contributed by atoms with Crippen molar-refractivity contribution >= 4 is 34.3 Å². The highest BCUT2D eigenvalue weighted by atomic mass is 35.5. The molecule has 0 unspecified atom stereocenters. The van der Waals surface area contributed by atoms with Crippen LogP contribution < -0.4 is 0 Å². The van der Waals surface area contributed by atoms with Crippen molar-refractivity contribution in [3.63, 3.8) is 0 Å². The molecule has 1 aliphatic rings. The average Bonchev–Trinajstić information content (AvgIpc) is 2.90. The topological polar surface area (TPSA) is 21.1 Å². The lowest BCUT2D eigenvalue weighted by molar-refractivity contribution is 0.312. The minimum atomic E-state index is 0.809. The summed E-state index contributed by atoms with van der Waals surface area (Å²) in [6.45, 7) is 4.18. The second-order valence-electron chi connectivity index (χ2n) is 6.47. The smallest absolute Gasteiger partial charge is 0.0716 e. The SMILES string of the molecule is C/C(=C/n1c2c(c3cccc(Cl)c31)CN(C)CC2)c1ccncc1. The lowest BCUT2D eigenvalue weighted by Crippen LogP contribution is -2.26. The summed E-state index contributed by atoms with van der Waals surface area (Å²) in [5, 5.41) is 2.08. The monoisotopic (exact) mass is 337 g/mol. The lowest BCUT2D eigenvalue weighted by Gasteiger charge is -2.23. The number of pyridine rings is 1. The van der Waals surface area contributed by atoms with Crippen molar-refractivity contribution in [3.05, 3.63) is 64.6 Å². The number of aromatic nitrogens is 2. The number of hydrogen-bond donors (Lipinski definition) is 0. The van der Waals surface area contributed by atoms with Crippen molar-refractivity contribution in [2.75, 3.05) is 13.6 Å². The van der Waals surface area contributed by atoms with E-state index in [-0.39, 0.29) is 0 Å². The first kappa shape index (κ1) is 15.4. The molecular formula is C20H20ClN3. The Morgan fingerprint density at radius 1 is 1.21 bits per heavy atom. The van der Waals surface area contributed by atoms with Gasteiger partial charge in [0.05, 0.1) is 10.5 Å². The van der Waals surface area contributed by atoms with Gasteiger partial charge in [-0.1, -0.05) is 23.7 Å². The Bertz CT molecular complexity index is 925. The molecule has 1 aliphatic heterocycles. The maximum Gasteiger partial charge on any atom is 0.0716 e. The summed E-state index contributed by atoms with van der Waals surface area (Å²) in [6, 6.07) is 10.3. The van der Waals surface area contributed by atoms with E-state index in [9.17, 15) is 0 Å². The van der Waals surface area contributed by atoms with Crippen LogP contribution in [0.5, 0.6) is 0 Å². The number of para-hydroxylation sites is 1. The van der Waals surface area contributed by atoms with Crippen LogP contribution in [0, 0.1) is 0 Å². The molecule has 4 rings (SSSR count). The maximum atomic E-state index is 6.57. The fraction of sp³-hybridized carbons (Fsp3) is 0.250. The van der Waals surface area contributed by atoms with Gasteiger partial charge in [-0.3, -0.25) is 4.98 Å². The summed E-state index contributed by atoms with van der Waals surface area (Å²) in [5.74, 6) is 0. The molecule has 0 bridgehead atoms. The maximum absolute atomic E-state index is 6.57. The number of hydrogen-bond acceptors (Lipinski definition) is 2. The third-order valence-corrected chi connectivity index (χ3v) is 5.11. The van der Waals surface area contributed by atoms with Gasteiger partial charge in [0, 0.05) is 49.2 Å². The van der Waals surface area contributed by atoms with Crippen LogP contribution in [0.1, 0.15) is 23.7 Å². The molecule has 4 heteroatoms. The van der Waals surface area contributed by atoms with Crippen LogP contribution in [0.3, 0.4) is 0 Å². The Kier molecular flexibility index (Phi) is 3.91. The highest BCUT2D eigenvalue weighted by molar-refractivity contribution is 6.35. The van der Waals surface area contributed by atoms with Crippen molar-refractivity contribution in [2.24, 2.45) is 0 Å². The molecule has 1 aromatic carbocycles. The van der Waals surface area contributed by atoms with Gasteiger partial charge < -0.3 is 9.47 Å². The second-order valence-corrected chi connectivity index (χ2v) is 6.87. The van der Waals surface area contributed by atoms with Crippen LogP contribution in [0.4, 0.5) is 0 Å². The van der Waals surface area contributed by atoms with Crippen molar-refractivity contribution in [2.45, 2.75) is 19.9 Å². The van der Waals surface area contributed by atoms with Crippen LogP contribution in [0.15, 0.2) is 42.7 Å². The highest BCUT2D eigenvalue weighted by Gasteiger charge is 2.22. The number of nitrogens with zero attached hydrogens (tertiary/aromatic N) is 3. The predicted octanol–water partition coefficient (Wildman–Crippen LogP) is 4.70. The normalized spacial score (nSPS) is 15.7. The van der Waals surface area contributed by atoms with Gasteiger partial charge in [-0.25, -0.2) is 0 Å². The van der Waals surface area contributed by atoms with Crippen molar-refractivity contribution in [1.29, 1.82) is 0 Å². The summed E-state index contributed by atoms with van der Waals surface area (Å²) in [7, 11) is 2.18. The molecule has 122 valence electrons. The highest BCUT2D eigenvalue weighted by Crippen LogP contribution is 2.35. The third kappa shape index (κ3) is 2.54. The minimum Gasteiger partial charge on any atom is -0.318 e. The third-order valence-electron chi connectivity index (χ3n) is 4.81. The van der Waals surface area contributed by atoms with Crippen LogP contribution in [0.25, 0.3) is 22.7 Å². The van der Waals surface area contributed by atoms with Gasteiger partial charge in [-0.15, -0.1) is 0 Å². The zero-order valence-electron chi connectivity index (χ0n) is 14.0. The predicted molar refractivity (Wildman–Crippen MR) is 101 cm³/mol. The molecule has 0 amide bonds. The number of likely N-dealkylation sites (N-methyl/N-ethyl adjacent to an activating group) is 1. The Hall–Kier alpha value is -2.10. The van der Waals surface area contributed by atoms with Crippen LogP contribution in [-0.2, 0) is 13.0 Å². The van der Waals surface area contributed by atoms with E-state index in [1.165, 1.54) is 27.8 Å². The molecule has 0 spiro atoms. The van der Waals surface area contributed by atoms with E-state index >= 15 is 0 Å². The van der Waals surface area contributed by atoms with E-state index in [1.807, 2.05) is 36.7 Å². The Labute approximate surface area is 147 Å². The molecule has 3 heterocycles. The van der Waals surface area contributed by atoms with Gasteiger partial charge in [-0.2, -0.15) is 0 Å². The lowest BCUT2D eigenvalue weighted by atomic mass is 10.1. The molecular weight excluding hydrogens is 318 g/mol. The summed E-state index contributed by atoms with van der Waals surface area (Å²) >= 11 is 6.57. The van der Waals surface area contributed by atoms with Gasteiger partial charge in [0.1, 0.15) is 0 Å². The molecule has 0 N–H and O–H groups in total. The molecule has 0 saturated heterocycles. The summed E-state index contributed by atoms with van der Waals surface area (Å²) in [6.07, 6.45) is 6.92. The van der Waals surface area contributed by atoms with Crippen molar-refractivity contribution in [1.82, 2.24) is 14.5 Å². The summed E-state index contributed by atoms with van der Waals surface area (Å²) in [4.78, 5) is 6.47. The zero-order valence-corrected chi connectivity index (χ0v) is 14.7. The van der Waals surface area contributed by atoms with E-state index in [4.69, 9.17) is 11.6 Å². The molecule has 0 atom stereocenters. The molecule has 0 fully saturated rings. The van der Waals surface area contributed by atoms with Crippen LogP contribution in [0.2, 0.25) is 5.02 Å². The molecule has 0 aliphatic carbocycles. The van der Waals surface area contributed by atoms with E-state index < -0.39 is 0 Å². The first-order chi connectivity index (χ1) is 11.6. The zero-order chi connectivity index (χ0) is 16.7. The van der Waals surface area contributed by atoms with Crippen LogP contribution in [-0.4, -0.2) is 28.0 Å². The van der Waals surface area contributed by atoms with Gasteiger partial charge in [0.2, 0.25) is 0 Å². The van der Waals surface area contributed by atoms with Gasteiger partial charge in [0.15, 0.2) is 0 Å². The summed E-state index contributed by atoms with van der Waals surface area (Å²) in [5.41, 5.74) is 6.29.